The molecule has 7 heteroatoms. The molecule has 3 heterocycles. The fourth-order valence-electron chi connectivity index (χ4n) is 1.90. The quantitative estimate of drug-likeness (QED) is 0.310. The van der Waals surface area contributed by atoms with E-state index < -0.39 is 0 Å². The number of nitrogens with zero attached hydrogens (tertiary/aromatic N) is 6. The molecule has 0 aliphatic rings. The van der Waals surface area contributed by atoms with Crippen LogP contribution in [-0.2, 0) is 0 Å². The van der Waals surface area contributed by atoms with Crippen LogP contribution in [0, 0.1) is 0 Å². The highest BCUT2D eigenvalue weighted by atomic mass is 16.5. The van der Waals surface area contributed by atoms with E-state index in [4.69, 9.17) is 10.3 Å². The van der Waals surface area contributed by atoms with E-state index >= 15 is 0 Å². The number of hydrogen-bond donors (Lipinski definition) is 0. The Morgan fingerprint density at radius 2 is 2.32 bits per heavy atom. The molecular formula is C12H10N6O. The third kappa shape index (κ3) is 2.02. The molecule has 3 aromatic heterocycles. The van der Waals surface area contributed by atoms with Crippen LogP contribution in [0.3, 0.4) is 0 Å². The molecule has 0 unspecified atom stereocenters. The minimum absolute atomic E-state index is 0.274. The van der Waals surface area contributed by atoms with Crippen molar-refractivity contribution in [2.75, 3.05) is 13.2 Å². The van der Waals surface area contributed by atoms with Crippen LogP contribution in [0.15, 0.2) is 41.8 Å². The van der Waals surface area contributed by atoms with E-state index in [9.17, 15) is 0 Å². The lowest BCUT2D eigenvalue weighted by Gasteiger charge is -2.08. The first kappa shape index (κ1) is 11.3. The van der Waals surface area contributed by atoms with Gasteiger partial charge in [-0.1, -0.05) is 5.11 Å². The molecule has 0 aliphatic heterocycles. The van der Waals surface area contributed by atoms with E-state index in [1.54, 1.807) is 6.20 Å². The molecule has 0 fully saturated rings. The van der Waals surface area contributed by atoms with E-state index in [1.807, 2.05) is 34.9 Å². The summed E-state index contributed by atoms with van der Waals surface area (Å²) in [5.41, 5.74) is 10.6. The van der Waals surface area contributed by atoms with Crippen LogP contribution in [-0.4, -0.2) is 27.5 Å². The highest BCUT2D eigenvalue weighted by molar-refractivity contribution is 5.77. The summed E-state index contributed by atoms with van der Waals surface area (Å²) in [6.07, 6.45) is 3.64. The Hall–Kier alpha value is -2.79. The van der Waals surface area contributed by atoms with Gasteiger partial charge in [0.1, 0.15) is 11.0 Å². The molecule has 0 saturated carbocycles. The van der Waals surface area contributed by atoms with Crippen molar-refractivity contribution < 1.29 is 4.74 Å². The Bertz CT molecular complexity index is 774. The Morgan fingerprint density at radius 3 is 3.21 bits per heavy atom. The summed E-state index contributed by atoms with van der Waals surface area (Å²) in [6.45, 7) is 0.569. The molecule has 0 amide bonds. The molecule has 0 radical (unpaired) electrons. The molecule has 0 saturated heterocycles. The van der Waals surface area contributed by atoms with Gasteiger partial charge in [0.05, 0.1) is 13.2 Å². The maximum atomic E-state index is 8.22. The zero-order chi connectivity index (χ0) is 13.1. The number of azide groups is 1. The summed E-state index contributed by atoms with van der Waals surface area (Å²) < 4.78 is 7.49. The first-order valence-electron chi connectivity index (χ1n) is 5.75. The summed E-state index contributed by atoms with van der Waals surface area (Å²) in [4.78, 5) is 11.4. The summed E-state index contributed by atoms with van der Waals surface area (Å²) in [5.74, 6) is 0.513. The number of ether oxygens (including phenoxy) is 1. The average Bonchev–Trinajstić information content (AvgIpc) is 2.93. The van der Waals surface area contributed by atoms with Gasteiger partial charge in [0.25, 0.3) is 0 Å². The molecule has 3 aromatic rings. The normalized spacial score (nSPS) is 10.5. The third-order valence-corrected chi connectivity index (χ3v) is 2.68. The van der Waals surface area contributed by atoms with Crippen molar-refractivity contribution >= 4 is 16.7 Å². The molecule has 0 spiro atoms. The zero-order valence-corrected chi connectivity index (χ0v) is 9.97. The Balaban J connectivity index is 2.06. The summed E-state index contributed by atoms with van der Waals surface area (Å²) >= 11 is 0. The number of rotatable bonds is 4. The number of fused-ring (bicyclic) bond motifs is 3. The largest absolute Gasteiger partial charge is 0.476 e. The van der Waals surface area contributed by atoms with Gasteiger partial charge in [0.15, 0.2) is 5.65 Å². The summed E-state index contributed by atoms with van der Waals surface area (Å²) in [5, 5.41) is 3.43. The van der Waals surface area contributed by atoms with E-state index in [2.05, 4.69) is 20.0 Å². The van der Waals surface area contributed by atoms with Crippen LogP contribution in [0.2, 0.25) is 0 Å². The summed E-state index contributed by atoms with van der Waals surface area (Å²) in [6, 6.07) is 7.52. The first-order chi connectivity index (χ1) is 9.40. The highest BCUT2D eigenvalue weighted by Crippen LogP contribution is 2.22. The minimum atomic E-state index is 0.274. The predicted octanol–water partition coefficient (Wildman–Crippen LogP) is 2.57. The van der Waals surface area contributed by atoms with E-state index in [1.165, 1.54) is 0 Å². The van der Waals surface area contributed by atoms with Crippen molar-refractivity contribution in [2.24, 2.45) is 5.11 Å². The fourth-order valence-corrected chi connectivity index (χ4v) is 1.90. The predicted molar refractivity (Wildman–Crippen MR) is 70.0 cm³/mol. The number of pyridine rings is 1. The van der Waals surface area contributed by atoms with Gasteiger partial charge in [0, 0.05) is 17.3 Å². The van der Waals surface area contributed by atoms with Gasteiger partial charge >= 0.3 is 0 Å². The second kappa shape index (κ2) is 4.83. The third-order valence-electron chi connectivity index (χ3n) is 2.68. The maximum Gasteiger partial charge on any atom is 0.239 e. The Labute approximate surface area is 108 Å². The first-order valence-corrected chi connectivity index (χ1v) is 5.75. The summed E-state index contributed by atoms with van der Waals surface area (Å²) in [7, 11) is 0. The zero-order valence-electron chi connectivity index (χ0n) is 9.97. The van der Waals surface area contributed by atoms with E-state index in [0.717, 1.165) is 16.7 Å². The van der Waals surface area contributed by atoms with Crippen LogP contribution in [0.1, 0.15) is 0 Å². The van der Waals surface area contributed by atoms with Crippen LogP contribution in [0.5, 0.6) is 5.88 Å². The van der Waals surface area contributed by atoms with Gasteiger partial charge in [-0.2, -0.15) is 0 Å². The highest BCUT2D eigenvalue weighted by Gasteiger charge is 2.09. The lowest BCUT2D eigenvalue weighted by atomic mass is 10.4. The Morgan fingerprint density at radius 1 is 1.37 bits per heavy atom. The fraction of sp³-hybridized carbons (Fsp3) is 0.167. The second-order valence-corrected chi connectivity index (χ2v) is 3.83. The van der Waals surface area contributed by atoms with Gasteiger partial charge in [-0.25, -0.2) is 9.97 Å². The molecule has 19 heavy (non-hydrogen) atoms. The lowest BCUT2D eigenvalue weighted by Crippen LogP contribution is -2.04. The van der Waals surface area contributed by atoms with E-state index in [0.29, 0.717) is 12.5 Å². The van der Waals surface area contributed by atoms with E-state index in [-0.39, 0.29) is 6.54 Å². The van der Waals surface area contributed by atoms with Crippen molar-refractivity contribution in [1.82, 2.24) is 14.4 Å². The van der Waals surface area contributed by atoms with Gasteiger partial charge < -0.3 is 4.74 Å². The molecule has 0 aliphatic carbocycles. The number of hydrogen-bond acceptors (Lipinski definition) is 4. The minimum Gasteiger partial charge on any atom is -0.476 e. The molecule has 0 N–H and O–H groups in total. The standard InChI is InChI=1S/C12H10N6O/c13-17-15-6-8-19-12-10-4-2-7-18(10)11-9(16-12)3-1-5-14-11/h1-5,7H,6,8H2. The smallest absolute Gasteiger partial charge is 0.239 e. The van der Waals surface area contributed by atoms with Crippen LogP contribution in [0.4, 0.5) is 0 Å². The molecule has 0 atom stereocenters. The molecular weight excluding hydrogens is 244 g/mol. The average molecular weight is 254 g/mol. The van der Waals surface area contributed by atoms with Crippen molar-refractivity contribution in [3.05, 3.63) is 47.1 Å². The van der Waals surface area contributed by atoms with Crippen molar-refractivity contribution in [3.8, 4) is 5.88 Å². The van der Waals surface area contributed by atoms with Crippen LogP contribution < -0.4 is 4.74 Å². The van der Waals surface area contributed by atoms with Crippen molar-refractivity contribution in [1.29, 1.82) is 0 Å². The van der Waals surface area contributed by atoms with Gasteiger partial charge in [0.2, 0.25) is 5.88 Å². The monoisotopic (exact) mass is 254 g/mol. The van der Waals surface area contributed by atoms with Gasteiger partial charge in [-0.15, -0.1) is 0 Å². The molecule has 0 bridgehead atoms. The number of aromatic nitrogens is 3. The molecule has 94 valence electrons. The second-order valence-electron chi connectivity index (χ2n) is 3.83. The molecule has 0 aromatic carbocycles. The van der Waals surface area contributed by atoms with Gasteiger partial charge in [-0.05, 0) is 29.8 Å². The SMILES string of the molecule is [N-]=[N+]=NCCOc1nc2cccnc2n2cccc12. The topological polar surface area (TPSA) is 88.2 Å². The molecule has 3 rings (SSSR count). The van der Waals surface area contributed by atoms with Crippen LogP contribution in [0.25, 0.3) is 27.1 Å². The van der Waals surface area contributed by atoms with Gasteiger partial charge in [-0.3, -0.25) is 4.40 Å². The maximum absolute atomic E-state index is 8.22. The Kier molecular flexibility index (Phi) is 2.88. The molecule has 7 nitrogen and oxygen atoms in total. The lowest BCUT2D eigenvalue weighted by molar-refractivity contribution is 0.319. The van der Waals surface area contributed by atoms with Crippen LogP contribution >= 0.6 is 0 Å². The van der Waals surface area contributed by atoms with Crippen molar-refractivity contribution in [2.45, 2.75) is 0 Å². The van der Waals surface area contributed by atoms with Crippen molar-refractivity contribution in [3.63, 3.8) is 0 Å².